The van der Waals surface area contributed by atoms with Gasteiger partial charge in [-0.2, -0.15) is 0 Å². The smallest absolute Gasteiger partial charge is 0.146 e. The minimum Gasteiger partial charge on any atom is -0.379 e. The number of hydrogen-bond donors (Lipinski definition) is 2. The summed E-state index contributed by atoms with van der Waals surface area (Å²) < 4.78 is 5.35. The average molecular weight is 276 g/mol. The number of aliphatic hydroxyl groups is 1. The first kappa shape index (κ1) is 13.6. The van der Waals surface area contributed by atoms with Crippen molar-refractivity contribution in [2.75, 3.05) is 26.3 Å². The number of allylic oxidation sites excluding steroid dienone is 1. The van der Waals surface area contributed by atoms with Gasteiger partial charge in [0, 0.05) is 18.8 Å². The summed E-state index contributed by atoms with van der Waals surface area (Å²) in [7, 11) is 0. The molecule has 2 N–H and O–H groups in total. The molecule has 1 fully saturated rings. The molecule has 0 aromatic heterocycles. The molecule has 1 saturated heterocycles. The van der Waals surface area contributed by atoms with Gasteiger partial charge in [-0.1, -0.05) is 30.3 Å². The monoisotopic (exact) mass is 276 g/mol. The van der Waals surface area contributed by atoms with Crippen LogP contribution in [0.15, 0.2) is 42.1 Å². The lowest BCUT2D eigenvalue weighted by Crippen LogP contribution is -2.57. The van der Waals surface area contributed by atoms with Crippen LogP contribution in [0.2, 0.25) is 0 Å². The van der Waals surface area contributed by atoms with Gasteiger partial charge in [-0.05, 0) is 18.6 Å². The molecule has 5 heteroatoms. The molecule has 0 radical (unpaired) electrons. The highest BCUT2D eigenvalue weighted by Gasteiger charge is 2.49. The third-order valence-electron chi connectivity index (χ3n) is 4.04. The summed E-state index contributed by atoms with van der Waals surface area (Å²) in [6.07, 6.45) is 1.22. The second kappa shape index (κ2) is 5.18. The standard InChI is InChI=1S/C15H20N2O3/c1-12-11-15(18,13-5-3-2-4-6-13)14(17(12)19)16-7-9-20-10-8-16/h2-6,11,14,18-19H,7-10H2,1H3/t14-,15+/m0/s1. The van der Waals surface area contributed by atoms with Crippen LogP contribution in [0.3, 0.4) is 0 Å². The Hall–Kier alpha value is -1.40. The number of hydroxylamine groups is 2. The fraction of sp³-hybridized carbons (Fsp3) is 0.467. The number of benzene rings is 1. The van der Waals surface area contributed by atoms with E-state index in [1.165, 1.54) is 5.06 Å². The maximum absolute atomic E-state index is 11.2. The van der Waals surface area contributed by atoms with Gasteiger partial charge in [0.1, 0.15) is 11.8 Å². The Morgan fingerprint density at radius 2 is 1.85 bits per heavy atom. The molecule has 0 aliphatic carbocycles. The minimum absolute atomic E-state index is 0.506. The molecule has 0 saturated carbocycles. The van der Waals surface area contributed by atoms with Gasteiger partial charge in [-0.25, -0.2) is 5.06 Å². The summed E-state index contributed by atoms with van der Waals surface area (Å²) in [6, 6.07) is 9.48. The minimum atomic E-state index is -1.21. The van der Waals surface area contributed by atoms with E-state index in [0.717, 1.165) is 5.56 Å². The SMILES string of the molecule is CC1=C[C@@](O)(c2ccccc2)[C@@H](N2CCOCC2)N1O. The molecule has 2 atom stereocenters. The molecule has 0 amide bonds. The van der Waals surface area contributed by atoms with E-state index in [1.807, 2.05) is 30.3 Å². The van der Waals surface area contributed by atoms with Gasteiger partial charge in [-0.15, -0.1) is 0 Å². The van der Waals surface area contributed by atoms with Crippen LogP contribution < -0.4 is 0 Å². The highest BCUT2D eigenvalue weighted by Crippen LogP contribution is 2.39. The van der Waals surface area contributed by atoms with E-state index < -0.39 is 11.8 Å². The van der Waals surface area contributed by atoms with Crippen molar-refractivity contribution in [2.45, 2.75) is 18.7 Å². The van der Waals surface area contributed by atoms with Gasteiger partial charge < -0.3 is 9.84 Å². The summed E-state index contributed by atoms with van der Waals surface area (Å²) in [6.45, 7) is 4.42. The molecule has 5 nitrogen and oxygen atoms in total. The summed E-state index contributed by atoms with van der Waals surface area (Å²) in [5.41, 5.74) is 0.234. The Morgan fingerprint density at radius 3 is 2.50 bits per heavy atom. The molecule has 2 heterocycles. The topological polar surface area (TPSA) is 56.2 Å². The number of nitrogens with zero attached hydrogens (tertiary/aromatic N) is 2. The van der Waals surface area contributed by atoms with E-state index in [0.29, 0.717) is 32.0 Å². The number of rotatable bonds is 2. The summed E-state index contributed by atoms with van der Waals surface area (Å²) in [4.78, 5) is 2.06. The van der Waals surface area contributed by atoms with E-state index in [-0.39, 0.29) is 0 Å². The van der Waals surface area contributed by atoms with Crippen LogP contribution in [0, 0.1) is 0 Å². The first-order valence-electron chi connectivity index (χ1n) is 6.90. The predicted octanol–water partition coefficient (Wildman–Crippen LogP) is 1.14. The summed E-state index contributed by atoms with van der Waals surface area (Å²) >= 11 is 0. The molecule has 1 aromatic rings. The Balaban J connectivity index is 1.98. The maximum Gasteiger partial charge on any atom is 0.146 e. The van der Waals surface area contributed by atoms with Crippen LogP contribution in [0.25, 0.3) is 0 Å². The van der Waals surface area contributed by atoms with Gasteiger partial charge in [0.05, 0.1) is 13.2 Å². The largest absolute Gasteiger partial charge is 0.379 e. The van der Waals surface area contributed by atoms with Crippen LogP contribution in [-0.4, -0.2) is 52.7 Å². The molecule has 2 aliphatic rings. The van der Waals surface area contributed by atoms with Crippen LogP contribution in [-0.2, 0) is 10.3 Å². The van der Waals surface area contributed by atoms with Gasteiger partial charge in [-0.3, -0.25) is 10.1 Å². The molecule has 0 unspecified atom stereocenters. The van der Waals surface area contributed by atoms with Crippen molar-refractivity contribution in [3.8, 4) is 0 Å². The summed E-state index contributed by atoms with van der Waals surface area (Å²) in [5, 5.41) is 22.6. The number of hydrogen-bond acceptors (Lipinski definition) is 5. The lowest BCUT2D eigenvalue weighted by molar-refractivity contribution is -0.195. The molecule has 2 aliphatic heterocycles. The number of ether oxygens (including phenoxy) is 1. The second-order valence-corrected chi connectivity index (χ2v) is 5.34. The van der Waals surface area contributed by atoms with Gasteiger partial charge in [0.2, 0.25) is 0 Å². The Kier molecular flexibility index (Phi) is 3.52. The van der Waals surface area contributed by atoms with Crippen LogP contribution in [0.1, 0.15) is 12.5 Å². The highest BCUT2D eigenvalue weighted by molar-refractivity contribution is 5.34. The maximum atomic E-state index is 11.2. The van der Waals surface area contributed by atoms with Gasteiger partial charge in [0.25, 0.3) is 0 Å². The fourth-order valence-corrected chi connectivity index (χ4v) is 3.03. The summed E-state index contributed by atoms with van der Waals surface area (Å²) in [5.74, 6) is 0. The molecular weight excluding hydrogens is 256 g/mol. The van der Waals surface area contributed by atoms with E-state index in [4.69, 9.17) is 4.74 Å². The van der Waals surface area contributed by atoms with Crippen LogP contribution in [0.5, 0.6) is 0 Å². The van der Waals surface area contributed by atoms with Gasteiger partial charge >= 0.3 is 0 Å². The van der Waals surface area contributed by atoms with Crippen molar-refractivity contribution in [3.63, 3.8) is 0 Å². The van der Waals surface area contributed by atoms with Crippen molar-refractivity contribution in [3.05, 3.63) is 47.7 Å². The molecule has 0 bridgehead atoms. The fourth-order valence-electron chi connectivity index (χ4n) is 3.03. The highest BCUT2D eigenvalue weighted by atomic mass is 16.5. The number of morpholine rings is 1. The lowest BCUT2D eigenvalue weighted by Gasteiger charge is -2.42. The van der Waals surface area contributed by atoms with E-state index in [2.05, 4.69) is 4.90 Å². The Bertz CT molecular complexity index is 499. The first-order valence-corrected chi connectivity index (χ1v) is 6.90. The average Bonchev–Trinajstić information content (AvgIpc) is 2.72. The normalized spacial score (nSPS) is 31.4. The molecule has 3 rings (SSSR count). The molecule has 0 spiro atoms. The third-order valence-corrected chi connectivity index (χ3v) is 4.04. The lowest BCUT2D eigenvalue weighted by atomic mass is 9.91. The zero-order valence-electron chi connectivity index (χ0n) is 11.6. The molecule has 20 heavy (non-hydrogen) atoms. The second-order valence-electron chi connectivity index (χ2n) is 5.34. The zero-order chi connectivity index (χ0) is 14.2. The van der Waals surface area contributed by atoms with Crippen molar-refractivity contribution in [2.24, 2.45) is 0 Å². The Morgan fingerprint density at radius 1 is 1.20 bits per heavy atom. The molecular formula is C15H20N2O3. The van der Waals surface area contributed by atoms with Crippen molar-refractivity contribution in [1.82, 2.24) is 9.96 Å². The first-order chi connectivity index (χ1) is 9.63. The van der Waals surface area contributed by atoms with Crippen molar-refractivity contribution >= 4 is 0 Å². The van der Waals surface area contributed by atoms with Crippen molar-refractivity contribution in [1.29, 1.82) is 0 Å². The van der Waals surface area contributed by atoms with Crippen LogP contribution in [0.4, 0.5) is 0 Å². The van der Waals surface area contributed by atoms with E-state index in [9.17, 15) is 10.3 Å². The molecule has 108 valence electrons. The van der Waals surface area contributed by atoms with Crippen molar-refractivity contribution < 1.29 is 15.1 Å². The van der Waals surface area contributed by atoms with Crippen LogP contribution >= 0.6 is 0 Å². The van der Waals surface area contributed by atoms with E-state index >= 15 is 0 Å². The quantitative estimate of drug-likeness (QED) is 0.848. The van der Waals surface area contributed by atoms with E-state index in [1.54, 1.807) is 13.0 Å². The predicted molar refractivity (Wildman–Crippen MR) is 73.9 cm³/mol. The zero-order valence-corrected chi connectivity index (χ0v) is 11.6. The molecule has 1 aromatic carbocycles. The third kappa shape index (κ3) is 2.13. The Labute approximate surface area is 118 Å². The van der Waals surface area contributed by atoms with Gasteiger partial charge in [0.15, 0.2) is 0 Å².